The Morgan fingerprint density at radius 3 is 2.55 bits per heavy atom. The molecule has 0 aliphatic carbocycles. The molecule has 5 aromatic rings. The first-order chi connectivity index (χ1) is 21.2. The van der Waals surface area contributed by atoms with Crippen LogP contribution < -0.4 is 4.74 Å². The van der Waals surface area contributed by atoms with Crippen molar-refractivity contribution in [1.82, 2.24) is 14.5 Å². The number of halogens is 3. The molecule has 0 amide bonds. The first kappa shape index (κ1) is 28.9. The predicted octanol–water partition coefficient (Wildman–Crippen LogP) is 5.19. The largest absolute Gasteiger partial charge is 0.478 e. The molecule has 3 aromatic carbocycles. The molecule has 12 heteroatoms. The number of nitrogens with zero attached hydrogens (tertiary/aromatic N) is 4. The summed E-state index contributed by atoms with van der Waals surface area (Å²) < 4.78 is 57.8. The van der Waals surface area contributed by atoms with E-state index < -0.39 is 35.6 Å². The van der Waals surface area contributed by atoms with E-state index in [1.54, 1.807) is 10.6 Å². The molecule has 0 radical (unpaired) electrons. The fourth-order valence-corrected chi connectivity index (χ4v) is 5.17. The van der Waals surface area contributed by atoms with Crippen LogP contribution in [0, 0.1) is 28.8 Å². The second kappa shape index (κ2) is 11.8. The van der Waals surface area contributed by atoms with Crippen molar-refractivity contribution in [3.05, 3.63) is 112 Å². The fraction of sp³-hybridized carbons (Fsp3) is 0.188. The van der Waals surface area contributed by atoms with E-state index in [4.69, 9.17) is 14.7 Å². The Morgan fingerprint density at radius 2 is 1.82 bits per heavy atom. The minimum absolute atomic E-state index is 0.0148. The first-order valence-corrected chi connectivity index (χ1v) is 13.5. The normalized spacial score (nSPS) is 16.2. The van der Waals surface area contributed by atoms with Gasteiger partial charge in [-0.3, -0.25) is 0 Å². The average molecular weight is 601 g/mol. The Morgan fingerprint density at radius 1 is 1.00 bits per heavy atom. The number of fused-ring (bicyclic) bond motifs is 1. The zero-order valence-electron chi connectivity index (χ0n) is 22.9. The van der Waals surface area contributed by atoms with Gasteiger partial charge in [0.05, 0.1) is 53.2 Å². The quantitative estimate of drug-likeness (QED) is 0.249. The van der Waals surface area contributed by atoms with Crippen molar-refractivity contribution >= 4 is 17.0 Å². The van der Waals surface area contributed by atoms with Crippen molar-refractivity contribution in [3.8, 4) is 23.2 Å². The van der Waals surface area contributed by atoms with Crippen molar-refractivity contribution in [3.63, 3.8) is 0 Å². The van der Waals surface area contributed by atoms with E-state index in [-0.39, 0.29) is 65.6 Å². The number of hydrogen-bond acceptors (Lipinski definition) is 7. The van der Waals surface area contributed by atoms with Crippen LogP contribution in [0.3, 0.4) is 0 Å². The molecule has 0 unspecified atom stereocenters. The lowest BCUT2D eigenvalue weighted by Crippen LogP contribution is -2.24. The van der Waals surface area contributed by atoms with Gasteiger partial charge < -0.3 is 24.3 Å². The number of pyridine rings is 1. The molecule has 222 valence electrons. The molecule has 0 bridgehead atoms. The van der Waals surface area contributed by atoms with E-state index in [0.717, 1.165) is 18.2 Å². The summed E-state index contributed by atoms with van der Waals surface area (Å²) in [5, 5.41) is 28.9. The number of benzene rings is 3. The number of nitriles is 1. The highest BCUT2D eigenvalue weighted by Crippen LogP contribution is 2.31. The summed E-state index contributed by atoms with van der Waals surface area (Å²) in [7, 11) is 0. The van der Waals surface area contributed by atoms with Gasteiger partial charge >= 0.3 is 5.97 Å². The number of aromatic carboxylic acids is 1. The van der Waals surface area contributed by atoms with Crippen molar-refractivity contribution < 1.29 is 37.7 Å². The fourth-order valence-electron chi connectivity index (χ4n) is 5.17. The summed E-state index contributed by atoms with van der Waals surface area (Å²) in [6.45, 7) is 0.00630. The lowest BCUT2D eigenvalue weighted by atomic mass is 10.0. The van der Waals surface area contributed by atoms with Crippen molar-refractivity contribution in [2.75, 3.05) is 13.2 Å². The Hall–Kier alpha value is -5.25. The van der Waals surface area contributed by atoms with Gasteiger partial charge in [0.1, 0.15) is 36.0 Å². The van der Waals surface area contributed by atoms with Crippen LogP contribution in [-0.4, -0.2) is 50.0 Å². The summed E-state index contributed by atoms with van der Waals surface area (Å²) >= 11 is 0. The molecular weight excluding hydrogens is 577 g/mol. The summed E-state index contributed by atoms with van der Waals surface area (Å²) in [5.74, 6) is -2.90. The van der Waals surface area contributed by atoms with Crippen molar-refractivity contribution in [2.24, 2.45) is 0 Å². The molecule has 44 heavy (non-hydrogen) atoms. The molecule has 9 nitrogen and oxygen atoms in total. The number of rotatable bonds is 8. The van der Waals surface area contributed by atoms with E-state index in [9.17, 15) is 19.4 Å². The monoisotopic (exact) mass is 600 g/mol. The first-order valence-electron chi connectivity index (χ1n) is 13.5. The third-order valence-electron chi connectivity index (χ3n) is 7.40. The summed E-state index contributed by atoms with van der Waals surface area (Å²) in [6.07, 6.45) is -1.06. The molecule has 6 rings (SSSR count). The number of aliphatic hydroxyl groups is 1. The van der Waals surface area contributed by atoms with Crippen molar-refractivity contribution in [1.29, 1.82) is 5.26 Å². The Labute approximate surface area is 248 Å². The minimum Gasteiger partial charge on any atom is -0.478 e. The van der Waals surface area contributed by atoms with E-state index in [1.807, 2.05) is 6.07 Å². The Kier molecular flexibility index (Phi) is 7.73. The number of hydrogen-bond donors (Lipinski definition) is 2. The lowest BCUT2D eigenvalue weighted by Gasteiger charge is -2.19. The van der Waals surface area contributed by atoms with Gasteiger partial charge in [-0.25, -0.2) is 27.9 Å². The minimum atomic E-state index is -1.14. The van der Waals surface area contributed by atoms with Crippen molar-refractivity contribution in [2.45, 2.75) is 25.2 Å². The summed E-state index contributed by atoms with van der Waals surface area (Å²) in [5.41, 5.74) is 1.18. The summed E-state index contributed by atoms with van der Waals surface area (Å²) in [4.78, 5) is 20.4. The number of aliphatic hydroxyl groups excluding tert-OH is 1. The van der Waals surface area contributed by atoms with Gasteiger partial charge in [-0.15, -0.1) is 0 Å². The predicted molar refractivity (Wildman–Crippen MR) is 150 cm³/mol. The third kappa shape index (κ3) is 5.58. The highest BCUT2D eigenvalue weighted by molar-refractivity contribution is 5.92. The zero-order chi connectivity index (χ0) is 31.0. The van der Waals surface area contributed by atoms with Gasteiger partial charge in [-0.2, -0.15) is 5.26 Å². The van der Waals surface area contributed by atoms with Gasteiger partial charge in [0, 0.05) is 23.6 Å². The van der Waals surface area contributed by atoms with Gasteiger partial charge in [0.15, 0.2) is 0 Å². The molecule has 1 saturated heterocycles. The van der Waals surface area contributed by atoms with Gasteiger partial charge in [0.2, 0.25) is 5.88 Å². The SMILES string of the molecule is N#Cc1ccc(COc2cccc(-c3cc(F)c(Cc4nc5ccc(C(=O)O)cc5n4[C@@H]4COC[C@@H]4O)cc3F)n2)c(F)c1. The van der Waals surface area contributed by atoms with Crippen LogP contribution in [0.25, 0.3) is 22.3 Å². The maximum absolute atomic E-state index is 15.5. The third-order valence-corrected chi connectivity index (χ3v) is 7.40. The molecule has 1 fully saturated rings. The van der Waals surface area contributed by atoms with Gasteiger partial charge in [-0.1, -0.05) is 12.1 Å². The van der Waals surface area contributed by atoms with E-state index in [0.29, 0.717) is 16.9 Å². The van der Waals surface area contributed by atoms with Crippen LogP contribution in [0.5, 0.6) is 5.88 Å². The second-order valence-electron chi connectivity index (χ2n) is 10.2. The van der Waals surface area contributed by atoms with E-state index in [2.05, 4.69) is 9.97 Å². The number of carbonyl (C=O) groups is 1. The molecular formula is C32H23F3N4O5. The van der Waals surface area contributed by atoms with E-state index >= 15 is 8.78 Å². The zero-order valence-corrected chi connectivity index (χ0v) is 22.9. The smallest absolute Gasteiger partial charge is 0.335 e. The van der Waals surface area contributed by atoms with Crippen LogP contribution in [0.4, 0.5) is 13.2 Å². The van der Waals surface area contributed by atoms with Gasteiger partial charge in [0.25, 0.3) is 0 Å². The molecule has 1 aliphatic heterocycles. The molecule has 2 aromatic heterocycles. The molecule has 0 spiro atoms. The van der Waals surface area contributed by atoms with Crippen LogP contribution in [0.1, 0.15) is 38.9 Å². The van der Waals surface area contributed by atoms with Crippen LogP contribution in [0.15, 0.2) is 66.7 Å². The Balaban J connectivity index is 1.29. The molecule has 2 N–H and O–H groups in total. The average Bonchev–Trinajstić information content (AvgIpc) is 3.59. The Bertz CT molecular complexity index is 1960. The maximum Gasteiger partial charge on any atom is 0.335 e. The van der Waals surface area contributed by atoms with E-state index in [1.165, 1.54) is 42.5 Å². The highest BCUT2D eigenvalue weighted by Gasteiger charge is 2.32. The van der Waals surface area contributed by atoms with Gasteiger partial charge in [-0.05, 0) is 54.1 Å². The molecule has 1 aliphatic rings. The number of carboxylic acids is 1. The number of aromatic nitrogens is 3. The van der Waals surface area contributed by atoms with Crippen LogP contribution in [-0.2, 0) is 17.8 Å². The summed E-state index contributed by atoms with van der Waals surface area (Å²) in [6, 6.07) is 16.1. The number of ether oxygens (including phenoxy) is 2. The van der Waals surface area contributed by atoms with Crippen LogP contribution in [0.2, 0.25) is 0 Å². The maximum atomic E-state index is 15.5. The second-order valence-corrected chi connectivity index (χ2v) is 10.2. The molecule has 0 saturated carbocycles. The highest BCUT2D eigenvalue weighted by atomic mass is 19.1. The standard InChI is InChI=1S/C32H23F3N4O5/c33-22-8-17(13-36)4-5-19(22)14-44-31-3-1-2-25(38-31)21-12-23(34)20(9-24(21)35)11-30-37-26-7-6-18(32(41)42)10-27(26)39(30)28-15-43-16-29(28)40/h1-10,12,28-29,40H,11,14-16H2,(H,41,42)/t28-,29+/m1/s1. The lowest BCUT2D eigenvalue weighted by molar-refractivity contribution is 0.0697. The topological polar surface area (TPSA) is 130 Å². The molecule has 2 atom stereocenters. The number of carboxylic acid groups (broad SMARTS) is 1. The molecule has 3 heterocycles. The van der Waals surface area contributed by atoms with Crippen LogP contribution >= 0.6 is 0 Å². The number of imidazole rings is 1.